The monoisotopic (exact) mass is 148 g/mol. The summed E-state index contributed by atoms with van der Waals surface area (Å²) >= 11 is 0. The third kappa shape index (κ3) is 3.43. The van der Waals surface area contributed by atoms with Crippen LogP contribution in [0.15, 0.2) is 11.1 Å². The van der Waals surface area contributed by atoms with Crippen molar-refractivity contribution in [3.63, 3.8) is 0 Å². The van der Waals surface area contributed by atoms with Crippen molar-refractivity contribution in [1.29, 1.82) is 10.5 Å². The van der Waals surface area contributed by atoms with Crippen LogP contribution in [0.25, 0.3) is 0 Å². The van der Waals surface area contributed by atoms with Crippen LogP contribution in [0.5, 0.6) is 0 Å². The number of hydrogen-bond donors (Lipinski definition) is 0. The molecule has 11 heavy (non-hydrogen) atoms. The summed E-state index contributed by atoms with van der Waals surface area (Å²) in [5, 5.41) is 17.1. The van der Waals surface area contributed by atoms with E-state index in [1.807, 2.05) is 12.1 Å². The molecule has 0 spiro atoms. The van der Waals surface area contributed by atoms with Crippen LogP contribution in [0.1, 0.15) is 33.1 Å². The molecule has 0 aliphatic heterocycles. The first-order valence-corrected chi connectivity index (χ1v) is 3.76. The maximum atomic E-state index is 8.60. The Morgan fingerprint density at radius 2 is 1.91 bits per heavy atom. The summed E-state index contributed by atoms with van der Waals surface area (Å²) in [5.74, 6) is 0. The number of rotatable bonds is 3. The number of unbranched alkanes of at least 4 members (excludes halogenated alkanes) is 1. The van der Waals surface area contributed by atoms with Crippen molar-refractivity contribution in [2.45, 2.75) is 33.1 Å². The Labute approximate surface area is 67.8 Å². The molecule has 0 saturated heterocycles. The molecular weight excluding hydrogens is 136 g/mol. The van der Waals surface area contributed by atoms with E-state index in [2.05, 4.69) is 6.92 Å². The van der Waals surface area contributed by atoms with Crippen molar-refractivity contribution in [3.8, 4) is 12.1 Å². The first-order valence-electron chi connectivity index (χ1n) is 3.76. The van der Waals surface area contributed by atoms with E-state index in [1.165, 1.54) is 0 Å². The Balaban J connectivity index is 4.22. The minimum Gasteiger partial charge on any atom is -0.193 e. The van der Waals surface area contributed by atoms with Crippen molar-refractivity contribution in [2.24, 2.45) is 0 Å². The molecule has 0 heterocycles. The lowest BCUT2D eigenvalue weighted by molar-refractivity contribution is 0.796. The molecule has 0 unspecified atom stereocenters. The van der Waals surface area contributed by atoms with E-state index in [-0.39, 0.29) is 0 Å². The largest absolute Gasteiger partial charge is 0.193 e. The molecule has 2 heteroatoms. The van der Waals surface area contributed by atoms with E-state index >= 15 is 0 Å². The van der Waals surface area contributed by atoms with Crippen LogP contribution < -0.4 is 0 Å². The van der Waals surface area contributed by atoms with E-state index in [0.29, 0.717) is 11.1 Å². The summed E-state index contributed by atoms with van der Waals surface area (Å²) in [7, 11) is 0. The fourth-order valence-corrected chi connectivity index (χ4v) is 0.748. The van der Waals surface area contributed by atoms with Crippen LogP contribution in [0.3, 0.4) is 0 Å². The minimum absolute atomic E-state index is 0.556. The molecule has 0 aromatic rings. The Hall–Kier alpha value is -1.28. The second-order valence-electron chi connectivity index (χ2n) is 2.43. The zero-order valence-corrected chi connectivity index (χ0v) is 7.02. The highest BCUT2D eigenvalue weighted by molar-refractivity contribution is 5.34. The lowest BCUT2D eigenvalue weighted by Crippen LogP contribution is -1.84. The van der Waals surface area contributed by atoms with Gasteiger partial charge in [-0.15, -0.1) is 0 Å². The third-order valence-electron chi connectivity index (χ3n) is 1.54. The molecule has 0 rings (SSSR count). The second kappa shape index (κ2) is 5.50. The summed E-state index contributed by atoms with van der Waals surface area (Å²) in [6.45, 7) is 3.75. The zero-order valence-electron chi connectivity index (χ0n) is 7.02. The quantitative estimate of drug-likeness (QED) is 0.577. The lowest BCUT2D eigenvalue weighted by Gasteiger charge is -1.95. The van der Waals surface area contributed by atoms with Crippen LogP contribution in [0.4, 0.5) is 0 Å². The molecule has 0 bridgehead atoms. The fraction of sp³-hybridized carbons (Fsp3) is 0.556. The molecule has 2 nitrogen and oxygen atoms in total. The van der Waals surface area contributed by atoms with Crippen LogP contribution in [0, 0.1) is 22.7 Å². The van der Waals surface area contributed by atoms with Gasteiger partial charge in [0.1, 0.15) is 0 Å². The normalized spacial score (nSPS) is 11.3. The van der Waals surface area contributed by atoms with Crippen LogP contribution >= 0.6 is 0 Å². The van der Waals surface area contributed by atoms with Gasteiger partial charge in [0.25, 0.3) is 0 Å². The molecule has 0 aromatic heterocycles. The van der Waals surface area contributed by atoms with Gasteiger partial charge >= 0.3 is 0 Å². The van der Waals surface area contributed by atoms with E-state index in [9.17, 15) is 0 Å². The van der Waals surface area contributed by atoms with Crippen LogP contribution in [0.2, 0.25) is 0 Å². The summed E-state index contributed by atoms with van der Waals surface area (Å²) in [6.07, 6.45) is 2.79. The molecule has 0 aromatic carbocycles. The highest BCUT2D eigenvalue weighted by atomic mass is 14.3. The van der Waals surface area contributed by atoms with Crippen molar-refractivity contribution < 1.29 is 0 Å². The SMILES string of the molecule is CCCC/C(C#N)=C(\C)C#N. The maximum absolute atomic E-state index is 8.60. The van der Waals surface area contributed by atoms with Gasteiger partial charge in [-0.3, -0.25) is 0 Å². The van der Waals surface area contributed by atoms with Crippen LogP contribution in [-0.2, 0) is 0 Å². The van der Waals surface area contributed by atoms with Gasteiger partial charge in [-0.05, 0) is 19.8 Å². The first-order chi connectivity index (χ1) is 5.26. The Morgan fingerprint density at radius 3 is 2.27 bits per heavy atom. The molecular formula is C9H12N2. The molecule has 0 fully saturated rings. The van der Waals surface area contributed by atoms with Gasteiger partial charge in [-0.1, -0.05) is 13.3 Å². The predicted octanol–water partition coefficient (Wildman–Crippen LogP) is 2.54. The van der Waals surface area contributed by atoms with Crippen molar-refractivity contribution in [2.75, 3.05) is 0 Å². The van der Waals surface area contributed by atoms with Gasteiger partial charge in [0.05, 0.1) is 12.1 Å². The Bertz CT molecular complexity index is 225. The highest BCUT2D eigenvalue weighted by Crippen LogP contribution is 2.10. The molecule has 0 N–H and O–H groups in total. The average molecular weight is 148 g/mol. The Kier molecular flexibility index (Phi) is 4.86. The molecule has 0 saturated carbocycles. The highest BCUT2D eigenvalue weighted by Gasteiger charge is 1.99. The van der Waals surface area contributed by atoms with Gasteiger partial charge in [0, 0.05) is 11.1 Å². The summed E-state index contributed by atoms with van der Waals surface area (Å²) in [5.41, 5.74) is 1.19. The number of hydrogen-bond acceptors (Lipinski definition) is 2. The molecule has 58 valence electrons. The lowest BCUT2D eigenvalue weighted by atomic mass is 10.1. The van der Waals surface area contributed by atoms with E-state index in [4.69, 9.17) is 10.5 Å². The fourth-order valence-electron chi connectivity index (χ4n) is 0.748. The predicted molar refractivity (Wildman–Crippen MR) is 43.5 cm³/mol. The van der Waals surface area contributed by atoms with Crippen LogP contribution in [-0.4, -0.2) is 0 Å². The van der Waals surface area contributed by atoms with Crippen molar-refractivity contribution in [1.82, 2.24) is 0 Å². The molecule has 0 amide bonds. The number of nitrogens with zero attached hydrogens (tertiary/aromatic N) is 2. The number of nitriles is 2. The standard InChI is InChI=1S/C9H12N2/c1-3-4-5-9(7-11)8(2)6-10/h3-5H2,1-2H3/b9-8-. The van der Waals surface area contributed by atoms with Crippen molar-refractivity contribution >= 4 is 0 Å². The molecule has 0 radical (unpaired) electrons. The Morgan fingerprint density at radius 1 is 1.27 bits per heavy atom. The summed E-state index contributed by atoms with van der Waals surface area (Å²) < 4.78 is 0. The van der Waals surface area contributed by atoms with Crippen molar-refractivity contribution in [3.05, 3.63) is 11.1 Å². The van der Waals surface area contributed by atoms with Gasteiger partial charge in [-0.2, -0.15) is 10.5 Å². The smallest absolute Gasteiger partial charge is 0.0957 e. The van der Waals surface area contributed by atoms with Gasteiger partial charge in [-0.25, -0.2) is 0 Å². The summed E-state index contributed by atoms with van der Waals surface area (Å²) in [6, 6.07) is 4.03. The second-order valence-corrected chi connectivity index (χ2v) is 2.43. The zero-order chi connectivity index (χ0) is 8.69. The van der Waals surface area contributed by atoms with E-state index in [0.717, 1.165) is 19.3 Å². The van der Waals surface area contributed by atoms with Gasteiger partial charge in [0.15, 0.2) is 0 Å². The average Bonchev–Trinajstić information content (AvgIpc) is 2.05. The maximum Gasteiger partial charge on any atom is 0.0957 e. The third-order valence-corrected chi connectivity index (χ3v) is 1.54. The van der Waals surface area contributed by atoms with Gasteiger partial charge < -0.3 is 0 Å². The molecule has 0 atom stereocenters. The van der Waals surface area contributed by atoms with E-state index in [1.54, 1.807) is 6.92 Å². The summed E-state index contributed by atoms with van der Waals surface area (Å²) in [4.78, 5) is 0. The van der Waals surface area contributed by atoms with Gasteiger partial charge in [0.2, 0.25) is 0 Å². The van der Waals surface area contributed by atoms with E-state index < -0.39 is 0 Å². The molecule has 0 aliphatic rings. The number of allylic oxidation sites excluding steroid dienone is 2. The minimum atomic E-state index is 0.556. The topological polar surface area (TPSA) is 47.6 Å². The first kappa shape index (κ1) is 9.72. The molecule has 0 aliphatic carbocycles.